The molecule has 1 N–H and O–H groups in total. The van der Waals surface area contributed by atoms with Crippen molar-refractivity contribution >= 4 is 5.84 Å². The van der Waals surface area contributed by atoms with Crippen LogP contribution in [0.5, 0.6) is 0 Å². The van der Waals surface area contributed by atoms with Crippen LogP contribution in [0.25, 0.3) is 0 Å². The predicted octanol–water partition coefficient (Wildman–Crippen LogP) is 1.76. The van der Waals surface area contributed by atoms with Crippen LogP contribution < -0.4 is 0 Å². The average molecular weight is 245 g/mol. The molecule has 0 amide bonds. The van der Waals surface area contributed by atoms with Crippen molar-refractivity contribution < 1.29 is 9.68 Å². The molecule has 3 heteroatoms. The Kier molecular flexibility index (Phi) is 2.86. The molecular weight excluding hydrogens is 224 g/mol. The van der Waals surface area contributed by atoms with E-state index in [1.54, 1.807) is 0 Å². The van der Waals surface area contributed by atoms with Crippen molar-refractivity contribution in [2.75, 3.05) is 20.1 Å². The van der Waals surface area contributed by atoms with Crippen LogP contribution in [-0.2, 0) is 5.72 Å². The maximum Gasteiger partial charge on any atom is 0.270 e. The topological polar surface area (TPSA) is 26.5 Å². The van der Waals surface area contributed by atoms with Crippen molar-refractivity contribution in [2.45, 2.75) is 31.4 Å². The Bertz CT molecular complexity index is 469. The molecule has 2 aliphatic heterocycles. The Labute approximate surface area is 108 Å². The highest BCUT2D eigenvalue weighted by molar-refractivity contribution is 5.79. The fourth-order valence-corrected chi connectivity index (χ4v) is 3.25. The van der Waals surface area contributed by atoms with E-state index < -0.39 is 5.72 Å². The Balaban J connectivity index is 2.00. The van der Waals surface area contributed by atoms with E-state index in [-0.39, 0.29) is 0 Å². The third-order valence-electron chi connectivity index (χ3n) is 4.17. The van der Waals surface area contributed by atoms with E-state index in [0.717, 1.165) is 18.5 Å². The van der Waals surface area contributed by atoms with Gasteiger partial charge in [0.2, 0.25) is 5.84 Å². The van der Waals surface area contributed by atoms with Crippen molar-refractivity contribution in [3.8, 4) is 0 Å². The zero-order chi connectivity index (χ0) is 12.6. The lowest BCUT2D eigenvalue weighted by Gasteiger charge is -2.28. The molecule has 2 heterocycles. The Morgan fingerprint density at radius 1 is 1.17 bits per heavy atom. The molecule has 0 unspecified atom stereocenters. The first kappa shape index (κ1) is 11.7. The monoisotopic (exact) mass is 245 g/mol. The van der Waals surface area contributed by atoms with Gasteiger partial charge in [-0.25, -0.2) is 4.90 Å². The Morgan fingerprint density at radius 3 is 2.72 bits per heavy atom. The van der Waals surface area contributed by atoms with Gasteiger partial charge in [0, 0.05) is 12.0 Å². The van der Waals surface area contributed by atoms with Crippen molar-refractivity contribution in [3.05, 3.63) is 35.9 Å². The Morgan fingerprint density at radius 2 is 1.94 bits per heavy atom. The molecule has 1 saturated heterocycles. The third-order valence-corrected chi connectivity index (χ3v) is 4.17. The first-order valence-electron chi connectivity index (χ1n) is 6.84. The van der Waals surface area contributed by atoms with E-state index in [4.69, 9.17) is 0 Å². The number of aliphatic hydroxyl groups is 1. The molecule has 1 atom stereocenters. The van der Waals surface area contributed by atoms with Crippen molar-refractivity contribution in [1.29, 1.82) is 0 Å². The summed E-state index contributed by atoms with van der Waals surface area (Å²) in [5, 5.41) is 11.1. The van der Waals surface area contributed by atoms with E-state index in [0.29, 0.717) is 6.54 Å². The molecule has 1 fully saturated rings. The van der Waals surface area contributed by atoms with Crippen LogP contribution >= 0.6 is 0 Å². The van der Waals surface area contributed by atoms with Crippen molar-refractivity contribution in [1.82, 2.24) is 4.90 Å². The van der Waals surface area contributed by atoms with Gasteiger partial charge < -0.3 is 5.11 Å². The van der Waals surface area contributed by atoms with Gasteiger partial charge in [0.25, 0.3) is 5.72 Å². The zero-order valence-corrected chi connectivity index (χ0v) is 11.0. The maximum atomic E-state index is 11.1. The quantitative estimate of drug-likeness (QED) is 0.763. The molecule has 0 saturated carbocycles. The number of hydrogen-bond donors (Lipinski definition) is 1. The number of β-amino-alcohol motifs (C(OH)–C–C–N with tert-alkyl or cyclic N) is 1. The standard InChI is InChI=1S/C15H21N2O/c1-16-12-15(18,13-8-4-2-5-9-13)17-11-7-3-6-10-14(16)17/h2,4-5,8-9,18H,3,6-7,10-12H2,1H3/q+1/t15-/m1/s1. The molecule has 0 spiro atoms. The highest BCUT2D eigenvalue weighted by atomic mass is 16.3. The van der Waals surface area contributed by atoms with Gasteiger partial charge in [-0.05, 0) is 19.3 Å². The number of hydrogen-bond acceptors (Lipinski definition) is 2. The van der Waals surface area contributed by atoms with Crippen molar-refractivity contribution in [2.24, 2.45) is 0 Å². The fraction of sp³-hybridized carbons (Fsp3) is 0.533. The van der Waals surface area contributed by atoms with Crippen molar-refractivity contribution in [3.63, 3.8) is 0 Å². The van der Waals surface area contributed by atoms with Gasteiger partial charge in [0.1, 0.15) is 0 Å². The summed E-state index contributed by atoms with van der Waals surface area (Å²) in [6, 6.07) is 10.1. The second kappa shape index (κ2) is 4.39. The van der Waals surface area contributed by atoms with E-state index in [1.165, 1.54) is 25.1 Å². The largest absolute Gasteiger partial charge is 0.346 e. The number of benzene rings is 1. The molecule has 0 bridgehead atoms. The molecule has 18 heavy (non-hydrogen) atoms. The SMILES string of the molecule is C[N+]1=C2CCCCCN2[C@](O)(c2ccccc2)C1. The first-order valence-corrected chi connectivity index (χ1v) is 6.84. The van der Waals surface area contributed by atoms with Crippen LogP contribution in [0.1, 0.15) is 31.2 Å². The molecule has 0 radical (unpaired) electrons. The van der Waals surface area contributed by atoms with Crippen LogP contribution in [0.2, 0.25) is 0 Å². The minimum absolute atomic E-state index is 0.673. The molecule has 1 aromatic carbocycles. The summed E-state index contributed by atoms with van der Waals surface area (Å²) in [6.07, 6.45) is 4.76. The summed E-state index contributed by atoms with van der Waals surface area (Å²) < 4.78 is 2.22. The summed E-state index contributed by atoms with van der Waals surface area (Å²) in [7, 11) is 2.09. The molecule has 1 aromatic rings. The van der Waals surface area contributed by atoms with Crippen LogP contribution in [0.4, 0.5) is 0 Å². The van der Waals surface area contributed by atoms with E-state index in [2.05, 4.69) is 16.5 Å². The van der Waals surface area contributed by atoms with Gasteiger partial charge in [0.15, 0.2) is 6.54 Å². The highest BCUT2D eigenvalue weighted by Crippen LogP contribution is 2.33. The second-order valence-electron chi connectivity index (χ2n) is 5.42. The number of rotatable bonds is 1. The first-order chi connectivity index (χ1) is 8.72. The lowest BCUT2D eigenvalue weighted by Crippen LogP contribution is -2.46. The normalized spacial score (nSPS) is 28.2. The summed E-state index contributed by atoms with van der Waals surface area (Å²) in [5.74, 6) is 1.30. The number of nitrogens with zero attached hydrogens (tertiary/aromatic N) is 2. The van der Waals surface area contributed by atoms with E-state index in [1.807, 2.05) is 30.3 Å². The van der Waals surface area contributed by atoms with Gasteiger partial charge in [-0.15, -0.1) is 0 Å². The number of likely N-dealkylation sites (N-methyl/N-ethyl adjacent to an activating group) is 1. The van der Waals surface area contributed by atoms with Crippen LogP contribution in [0.15, 0.2) is 30.3 Å². The number of fused-ring (bicyclic) bond motifs is 1. The van der Waals surface area contributed by atoms with Gasteiger partial charge in [-0.1, -0.05) is 30.3 Å². The predicted molar refractivity (Wildman–Crippen MR) is 71.6 cm³/mol. The third kappa shape index (κ3) is 1.74. The minimum atomic E-state index is -0.838. The van der Waals surface area contributed by atoms with Crippen LogP contribution in [0.3, 0.4) is 0 Å². The van der Waals surface area contributed by atoms with Gasteiger partial charge >= 0.3 is 0 Å². The summed E-state index contributed by atoms with van der Waals surface area (Å²) >= 11 is 0. The molecule has 0 aromatic heterocycles. The molecule has 2 aliphatic rings. The lowest BCUT2D eigenvalue weighted by atomic mass is 10.0. The minimum Gasteiger partial charge on any atom is -0.346 e. The van der Waals surface area contributed by atoms with Crippen LogP contribution in [-0.4, -0.2) is 40.6 Å². The van der Waals surface area contributed by atoms with Gasteiger partial charge in [0.05, 0.1) is 13.6 Å². The average Bonchev–Trinajstić information content (AvgIpc) is 2.60. The molecule has 96 valence electrons. The smallest absolute Gasteiger partial charge is 0.270 e. The Hall–Kier alpha value is -1.35. The van der Waals surface area contributed by atoms with E-state index in [9.17, 15) is 5.11 Å². The summed E-state index contributed by atoms with van der Waals surface area (Å²) in [5.41, 5.74) is 0.170. The van der Waals surface area contributed by atoms with Gasteiger partial charge in [-0.3, -0.25) is 4.58 Å². The van der Waals surface area contributed by atoms with Gasteiger partial charge in [-0.2, -0.15) is 0 Å². The zero-order valence-electron chi connectivity index (χ0n) is 11.0. The van der Waals surface area contributed by atoms with Crippen LogP contribution in [0, 0.1) is 0 Å². The summed E-state index contributed by atoms with van der Waals surface area (Å²) in [6.45, 7) is 1.64. The molecular formula is C15H21N2O+. The molecule has 3 nitrogen and oxygen atoms in total. The van der Waals surface area contributed by atoms with E-state index >= 15 is 0 Å². The molecule has 3 rings (SSSR count). The second-order valence-corrected chi connectivity index (χ2v) is 5.42. The maximum absolute atomic E-state index is 11.1. The highest BCUT2D eigenvalue weighted by Gasteiger charge is 2.51. The number of amidine groups is 1. The lowest BCUT2D eigenvalue weighted by molar-refractivity contribution is -0.505. The molecule has 0 aliphatic carbocycles. The fourth-order valence-electron chi connectivity index (χ4n) is 3.25. The summed E-state index contributed by atoms with van der Waals surface area (Å²) in [4.78, 5) is 2.22.